The van der Waals surface area contributed by atoms with Crippen LogP contribution in [-0.4, -0.2) is 49.1 Å². The van der Waals surface area contributed by atoms with Gasteiger partial charge in [-0.25, -0.2) is 4.79 Å². The Labute approximate surface area is 127 Å². The molecule has 2 N–H and O–H groups in total. The first-order valence-corrected chi connectivity index (χ1v) is 6.58. The highest BCUT2D eigenvalue weighted by atomic mass is 16.5. The van der Waals surface area contributed by atoms with Crippen molar-refractivity contribution in [2.24, 2.45) is 0 Å². The summed E-state index contributed by atoms with van der Waals surface area (Å²) in [5.74, 6) is -1.62. The zero-order valence-electron chi connectivity index (χ0n) is 12.1. The molecule has 1 aromatic rings. The van der Waals surface area contributed by atoms with E-state index in [0.717, 1.165) is 7.11 Å². The lowest BCUT2D eigenvalue weighted by molar-refractivity contribution is -0.144. The molecule has 0 bridgehead atoms. The van der Waals surface area contributed by atoms with Crippen LogP contribution in [0.1, 0.15) is 5.56 Å². The van der Waals surface area contributed by atoms with Crippen molar-refractivity contribution in [3.05, 3.63) is 42.0 Å². The zero-order valence-corrected chi connectivity index (χ0v) is 12.1. The normalized spacial score (nSPS) is 20.0. The number of ether oxygens (including phenoxy) is 2. The highest BCUT2D eigenvalue weighted by Gasteiger charge is 2.53. The average molecular weight is 307 g/mol. The molecule has 0 aromatic heterocycles. The molecule has 0 spiro atoms. The van der Waals surface area contributed by atoms with Crippen LogP contribution in [0.3, 0.4) is 0 Å². The molecule has 22 heavy (non-hydrogen) atoms. The van der Waals surface area contributed by atoms with Crippen LogP contribution >= 0.6 is 0 Å². The molecular weight excluding hydrogens is 290 g/mol. The van der Waals surface area contributed by atoms with Gasteiger partial charge in [-0.1, -0.05) is 24.8 Å². The second-order valence-corrected chi connectivity index (χ2v) is 4.69. The number of anilines is 1. The van der Waals surface area contributed by atoms with Crippen LogP contribution in [0.5, 0.6) is 0 Å². The van der Waals surface area contributed by atoms with Gasteiger partial charge in [0.2, 0.25) is 5.60 Å². The number of hydrogen-bond acceptors (Lipinski definition) is 6. The summed E-state index contributed by atoms with van der Waals surface area (Å²) in [6.45, 7) is 3.20. The van der Waals surface area contributed by atoms with Crippen molar-refractivity contribution in [1.29, 1.82) is 0 Å². The van der Waals surface area contributed by atoms with Crippen LogP contribution in [-0.2, 0) is 24.7 Å². The standard InChI is InChI=1S/C15H17NO6/c1-10(13(18)21-2)15(20)11-5-3-4-6-12(11)16(14(15)19)9-22-8-7-17/h3-6,17,20H,1,7-9H2,2H3. The number of carbonyl (C=O) groups is 2. The molecule has 1 aliphatic rings. The van der Waals surface area contributed by atoms with Gasteiger partial charge in [-0.05, 0) is 6.07 Å². The van der Waals surface area contributed by atoms with E-state index in [0.29, 0.717) is 5.69 Å². The SMILES string of the molecule is C=C(C(=O)OC)C1(O)C(=O)N(COCCO)c2ccccc21. The number of carbonyl (C=O) groups excluding carboxylic acids is 2. The summed E-state index contributed by atoms with van der Waals surface area (Å²) >= 11 is 0. The Morgan fingerprint density at radius 2 is 2.09 bits per heavy atom. The van der Waals surface area contributed by atoms with E-state index in [-0.39, 0.29) is 31.1 Å². The number of fused-ring (bicyclic) bond motifs is 1. The molecule has 1 aliphatic heterocycles. The molecule has 1 atom stereocenters. The summed E-state index contributed by atoms with van der Waals surface area (Å²) in [5, 5.41) is 19.6. The van der Waals surface area contributed by atoms with Crippen molar-refractivity contribution in [3.8, 4) is 0 Å². The molecular formula is C15H17NO6. The molecule has 2 rings (SSSR count). The number of hydrogen-bond donors (Lipinski definition) is 2. The maximum Gasteiger partial charge on any atom is 0.336 e. The van der Waals surface area contributed by atoms with Crippen molar-refractivity contribution >= 4 is 17.6 Å². The van der Waals surface area contributed by atoms with E-state index in [1.165, 1.54) is 11.0 Å². The minimum atomic E-state index is -2.19. The lowest BCUT2D eigenvalue weighted by Gasteiger charge is -2.23. The van der Waals surface area contributed by atoms with E-state index in [1.807, 2.05) is 0 Å². The first kappa shape index (κ1) is 16.2. The Bertz CT molecular complexity index is 614. The average Bonchev–Trinajstić information content (AvgIpc) is 2.76. The van der Waals surface area contributed by atoms with Crippen molar-refractivity contribution in [2.75, 3.05) is 32.0 Å². The van der Waals surface area contributed by atoms with Crippen molar-refractivity contribution in [2.45, 2.75) is 5.60 Å². The summed E-state index contributed by atoms with van der Waals surface area (Å²) in [6, 6.07) is 6.49. The summed E-state index contributed by atoms with van der Waals surface area (Å²) < 4.78 is 9.71. The Balaban J connectivity index is 2.43. The Morgan fingerprint density at radius 1 is 1.41 bits per heavy atom. The van der Waals surface area contributed by atoms with Crippen LogP contribution in [0.2, 0.25) is 0 Å². The Kier molecular flexibility index (Phi) is 4.60. The van der Waals surface area contributed by atoms with Crippen LogP contribution in [0.15, 0.2) is 36.4 Å². The van der Waals surface area contributed by atoms with Crippen molar-refractivity contribution < 1.29 is 29.3 Å². The first-order chi connectivity index (χ1) is 10.5. The zero-order chi connectivity index (χ0) is 16.3. The summed E-state index contributed by atoms with van der Waals surface area (Å²) in [5.41, 5.74) is -1.90. The lowest BCUT2D eigenvalue weighted by atomic mass is 9.88. The van der Waals surface area contributed by atoms with Gasteiger partial charge in [-0.15, -0.1) is 0 Å². The van der Waals surface area contributed by atoms with E-state index in [9.17, 15) is 14.7 Å². The van der Waals surface area contributed by atoms with Gasteiger partial charge in [-0.3, -0.25) is 9.69 Å². The molecule has 0 radical (unpaired) electrons. The molecule has 118 valence electrons. The fourth-order valence-corrected chi connectivity index (χ4v) is 2.35. The summed E-state index contributed by atoms with van der Waals surface area (Å²) in [7, 11) is 1.14. The van der Waals surface area contributed by atoms with Gasteiger partial charge in [0, 0.05) is 5.56 Å². The van der Waals surface area contributed by atoms with E-state index < -0.39 is 17.5 Å². The molecule has 0 fully saturated rings. The quantitative estimate of drug-likeness (QED) is 0.433. The van der Waals surface area contributed by atoms with Gasteiger partial charge in [0.05, 0.1) is 31.6 Å². The third kappa shape index (κ3) is 2.39. The van der Waals surface area contributed by atoms with Gasteiger partial charge in [-0.2, -0.15) is 0 Å². The number of aliphatic hydroxyl groups excluding tert-OH is 1. The number of nitrogens with zero attached hydrogens (tertiary/aromatic N) is 1. The maximum absolute atomic E-state index is 12.6. The number of aliphatic hydroxyl groups is 2. The number of rotatable bonds is 6. The minimum Gasteiger partial charge on any atom is -0.466 e. The van der Waals surface area contributed by atoms with Gasteiger partial charge < -0.3 is 19.7 Å². The smallest absolute Gasteiger partial charge is 0.336 e. The molecule has 0 saturated carbocycles. The van der Waals surface area contributed by atoms with Crippen LogP contribution < -0.4 is 4.90 Å². The third-order valence-corrected chi connectivity index (χ3v) is 3.46. The second kappa shape index (κ2) is 6.27. The van der Waals surface area contributed by atoms with E-state index in [1.54, 1.807) is 18.2 Å². The van der Waals surface area contributed by atoms with E-state index in [4.69, 9.17) is 9.84 Å². The molecule has 7 heteroatoms. The topological polar surface area (TPSA) is 96.3 Å². The lowest BCUT2D eigenvalue weighted by Crippen LogP contribution is -2.44. The molecule has 1 unspecified atom stereocenters. The van der Waals surface area contributed by atoms with Crippen LogP contribution in [0, 0.1) is 0 Å². The van der Waals surface area contributed by atoms with Gasteiger partial charge >= 0.3 is 5.97 Å². The molecule has 1 heterocycles. The number of benzene rings is 1. The van der Waals surface area contributed by atoms with Crippen molar-refractivity contribution in [1.82, 2.24) is 0 Å². The molecule has 1 aromatic carbocycles. The Morgan fingerprint density at radius 3 is 2.73 bits per heavy atom. The third-order valence-electron chi connectivity index (χ3n) is 3.46. The predicted octanol–water partition coefficient (Wildman–Crippen LogP) is -0.0836. The monoisotopic (exact) mass is 307 g/mol. The molecule has 7 nitrogen and oxygen atoms in total. The first-order valence-electron chi connectivity index (χ1n) is 6.58. The maximum atomic E-state index is 12.6. The van der Waals surface area contributed by atoms with Crippen LogP contribution in [0.25, 0.3) is 0 Å². The van der Waals surface area contributed by atoms with Crippen molar-refractivity contribution in [3.63, 3.8) is 0 Å². The highest BCUT2D eigenvalue weighted by molar-refractivity contribution is 6.13. The van der Waals surface area contributed by atoms with Gasteiger partial charge in [0.25, 0.3) is 5.91 Å². The molecule has 1 amide bonds. The number of methoxy groups -OCH3 is 1. The fourth-order valence-electron chi connectivity index (χ4n) is 2.35. The number of para-hydroxylation sites is 1. The van der Waals surface area contributed by atoms with Crippen LogP contribution in [0.4, 0.5) is 5.69 Å². The van der Waals surface area contributed by atoms with E-state index >= 15 is 0 Å². The van der Waals surface area contributed by atoms with Gasteiger partial charge in [0.1, 0.15) is 6.73 Å². The highest BCUT2D eigenvalue weighted by Crippen LogP contribution is 2.44. The number of amides is 1. The van der Waals surface area contributed by atoms with Gasteiger partial charge in [0.15, 0.2) is 0 Å². The largest absolute Gasteiger partial charge is 0.466 e. The predicted molar refractivity (Wildman–Crippen MR) is 76.9 cm³/mol. The van der Waals surface area contributed by atoms with E-state index in [2.05, 4.69) is 11.3 Å². The molecule has 0 saturated heterocycles. The number of esters is 1. The fraction of sp³-hybridized carbons (Fsp3) is 0.333. The summed E-state index contributed by atoms with van der Waals surface area (Å²) in [6.07, 6.45) is 0. The molecule has 0 aliphatic carbocycles. The minimum absolute atomic E-state index is 0.0440. The summed E-state index contributed by atoms with van der Waals surface area (Å²) in [4.78, 5) is 25.5. The second-order valence-electron chi connectivity index (χ2n) is 4.69. The Hall–Kier alpha value is -2.22.